The van der Waals surface area contributed by atoms with Crippen molar-refractivity contribution in [3.05, 3.63) is 23.8 Å². The molecule has 2 aliphatic heterocycles. The number of anilines is 2. The van der Waals surface area contributed by atoms with Gasteiger partial charge in [0, 0.05) is 55.6 Å². The number of benzene rings is 1. The minimum absolute atomic E-state index is 0.259. The van der Waals surface area contributed by atoms with E-state index in [1.165, 1.54) is 19.1 Å². The Kier molecular flexibility index (Phi) is 5.59. The second-order valence-corrected chi connectivity index (χ2v) is 8.59. The molecule has 0 bridgehead atoms. The zero-order valence-electron chi connectivity index (χ0n) is 17.5. The predicted octanol–water partition coefficient (Wildman–Crippen LogP) is 2.38. The average molecular weight is 425 g/mol. The highest BCUT2D eigenvalue weighted by Gasteiger charge is 2.28. The highest BCUT2D eigenvalue weighted by atomic mass is 16.5. The third kappa shape index (κ3) is 4.56. The van der Waals surface area contributed by atoms with E-state index in [9.17, 15) is 4.79 Å². The Labute approximate surface area is 181 Å². The summed E-state index contributed by atoms with van der Waals surface area (Å²) < 4.78 is 10.8. The van der Waals surface area contributed by atoms with Crippen molar-refractivity contribution in [2.24, 2.45) is 5.92 Å². The van der Waals surface area contributed by atoms with Gasteiger partial charge in [0.05, 0.1) is 19.3 Å². The minimum Gasteiger partial charge on any atom is -0.377 e. The van der Waals surface area contributed by atoms with E-state index < -0.39 is 0 Å². The lowest BCUT2D eigenvalue weighted by molar-refractivity contribution is -0.131. The van der Waals surface area contributed by atoms with Crippen molar-refractivity contribution < 1.29 is 14.1 Å². The maximum Gasteiger partial charge on any atom is 0.266 e. The fourth-order valence-electron chi connectivity index (χ4n) is 4.01. The van der Waals surface area contributed by atoms with Gasteiger partial charge in [0.25, 0.3) is 11.8 Å². The number of hydrogen-bond donors (Lipinski definition) is 2. The number of carbonyl (C=O) groups excluding carboxylic acids is 1. The Balaban J connectivity index is 1.26. The van der Waals surface area contributed by atoms with Gasteiger partial charge in [0.1, 0.15) is 0 Å². The molecule has 3 fully saturated rings. The number of nitrogens with zero attached hydrogens (tertiary/aromatic N) is 4. The number of hydrogen-bond acceptors (Lipinski definition) is 8. The lowest BCUT2D eigenvalue weighted by Crippen LogP contribution is -2.40. The van der Waals surface area contributed by atoms with Gasteiger partial charge >= 0.3 is 0 Å². The lowest BCUT2D eigenvalue weighted by atomic mass is 10.1. The Morgan fingerprint density at radius 3 is 2.84 bits per heavy atom. The van der Waals surface area contributed by atoms with Crippen LogP contribution in [0.1, 0.15) is 31.2 Å². The van der Waals surface area contributed by atoms with Crippen LogP contribution in [0.5, 0.6) is 0 Å². The summed E-state index contributed by atoms with van der Waals surface area (Å²) >= 11 is 0. The fourth-order valence-corrected chi connectivity index (χ4v) is 4.01. The van der Waals surface area contributed by atoms with Crippen LogP contribution in [0.15, 0.2) is 22.7 Å². The normalized spacial score (nSPS) is 19.6. The molecule has 31 heavy (non-hydrogen) atoms. The molecule has 9 nitrogen and oxygen atoms in total. The number of rotatable bonds is 7. The Bertz CT molecular complexity index is 952. The molecule has 0 radical (unpaired) electrons. The minimum atomic E-state index is 0.259. The molecule has 5 rings (SSSR count). The van der Waals surface area contributed by atoms with Gasteiger partial charge in [-0.2, -0.15) is 4.98 Å². The zero-order valence-corrected chi connectivity index (χ0v) is 17.5. The third-order valence-electron chi connectivity index (χ3n) is 6.16. The molecular formula is C22H28N6O3. The topological polar surface area (TPSA) is 108 Å². The number of aromatic nitrogens is 2. The first-order valence-electron chi connectivity index (χ1n) is 11.0. The molecule has 3 aliphatic rings. The van der Waals surface area contributed by atoms with Crippen LogP contribution in [0.3, 0.4) is 0 Å². The van der Waals surface area contributed by atoms with Gasteiger partial charge in [-0.25, -0.2) is 0 Å². The van der Waals surface area contributed by atoms with Crippen molar-refractivity contribution in [3.63, 3.8) is 0 Å². The monoisotopic (exact) mass is 424 g/mol. The molecular weight excluding hydrogens is 396 g/mol. The first-order valence-corrected chi connectivity index (χ1v) is 11.0. The van der Waals surface area contributed by atoms with E-state index in [1.54, 1.807) is 0 Å². The molecule has 2 N–H and O–H groups in total. The Morgan fingerprint density at radius 2 is 2.10 bits per heavy atom. The second kappa shape index (κ2) is 8.66. The molecule has 0 unspecified atom stereocenters. The van der Waals surface area contributed by atoms with E-state index in [-0.39, 0.29) is 11.9 Å². The van der Waals surface area contributed by atoms with Crippen LogP contribution in [0.4, 0.5) is 11.6 Å². The van der Waals surface area contributed by atoms with Crippen LogP contribution in [0.2, 0.25) is 0 Å². The van der Waals surface area contributed by atoms with Gasteiger partial charge < -0.3 is 29.8 Å². The van der Waals surface area contributed by atoms with Crippen molar-refractivity contribution >= 4 is 23.8 Å². The molecule has 1 saturated carbocycles. The molecule has 1 aromatic heterocycles. The summed E-state index contributed by atoms with van der Waals surface area (Å²) in [5.41, 5.74) is 2.47. The molecule has 2 aromatic rings. The Morgan fingerprint density at radius 1 is 1.23 bits per heavy atom. The second-order valence-electron chi connectivity index (χ2n) is 8.59. The van der Waals surface area contributed by atoms with E-state index in [0.29, 0.717) is 50.5 Å². The zero-order chi connectivity index (χ0) is 21.2. The maximum atomic E-state index is 12.4. The fraction of sp³-hybridized carbons (Fsp3) is 0.545. The first kappa shape index (κ1) is 20.0. The van der Waals surface area contributed by atoms with E-state index in [1.807, 2.05) is 23.1 Å². The maximum absolute atomic E-state index is 12.4. The highest BCUT2D eigenvalue weighted by molar-refractivity contribution is 5.87. The van der Waals surface area contributed by atoms with Crippen LogP contribution in [0.25, 0.3) is 11.5 Å². The molecule has 3 heterocycles. The molecule has 9 heteroatoms. The summed E-state index contributed by atoms with van der Waals surface area (Å²) in [6, 6.07) is 5.97. The van der Waals surface area contributed by atoms with Crippen LogP contribution >= 0.6 is 0 Å². The number of amides is 1. The van der Waals surface area contributed by atoms with E-state index in [0.717, 1.165) is 36.3 Å². The quantitative estimate of drug-likeness (QED) is 0.657. The third-order valence-corrected chi connectivity index (χ3v) is 6.16. The molecule has 0 spiro atoms. The van der Waals surface area contributed by atoms with Crippen molar-refractivity contribution in [1.29, 1.82) is 5.41 Å². The van der Waals surface area contributed by atoms with Crippen molar-refractivity contribution in [3.8, 4) is 11.5 Å². The smallest absolute Gasteiger partial charge is 0.266 e. The molecule has 2 saturated heterocycles. The summed E-state index contributed by atoms with van der Waals surface area (Å²) in [6.45, 7) is 4.33. The van der Waals surface area contributed by atoms with Crippen molar-refractivity contribution in [2.45, 2.75) is 31.7 Å². The molecule has 164 valence electrons. The van der Waals surface area contributed by atoms with Gasteiger partial charge in [0.15, 0.2) is 0 Å². The van der Waals surface area contributed by atoms with E-state index >= 15 is 0 Å². The number of ether oxygens (including phenoxy) is 1. The van der Waals surface area contributed by atoms with Gasteiger partial charge in [-0.05, 0) is 42.5 Å². The Hall–Kier alpha value is -2.94. The summed E-state index contributed by atoms with van der Waals surface area (Å²) in [4.78, 5) is 21.1. The SMILES string of the molecule is N=Cc1ccc(-c2nc(N3CCCN(C(=O)CC4CC4)CC3)no2)cc1NC1COC1. The highest BCUT2D eigenvalue weighted by Crippen LogP contribution is 2.33. The lowest BCUT2D eigenvalue weighted by Gasteiger charge is -2.28. The van der Waals surface area contributed by atoms with Crippen molar-refractivity contribution in [1.82, 2.24) is 15.0 Å². The van der Waals surface area contributed by atoms with Crippen LogP contribution in [-0.2, 0) is 9.53 Å². The number of nitrogens with one attached hydrogen (secondary N) is 2. The van der Waals surface area contributed by atoms with E-state index in [4.69, 9.17) is 14.7 Å². The van der Waals surface area contributed by atoms with Gasteiger partial charge in [-0.15, -0.1) is 0 Å². The standard InChI is InChI=1S/C22H28N6O3/c23-12-17-5-4-16(11-19(17)24-18-13-30-14-18)21-25-22(26-31-21)28-7-1-6-27(8-9-28)20(29)10-15-2-3-15/h4-5,11-12,15,18,23-24H,1-3,6-10,13-14H2. The van der Waals surface area contributed by atoms with Gasteiger partial charge in [-0.1, -0.05) is 6.07 Å². The van der Waals surface area contributed by atoms with Crippen molar-refractivity contribution in [2.75, 3.05) is 49.6 Å². The number of carbonyl (C=O) groups is 1. The van der Waals surface area contributed by atoms with E-state index in [2.05, 4.69) is 20.4 Å². The first-order chi connectivity index (χ1) is 15.2. The summed E-state index contributed by atoms with van der Waals surface area (Å²) in [6.07, 6.45) is 5.32. The van der Waals surface area contributed by atoms with Crippen LogP contribution in [-0.4, -0.2) is 72.6 Å². The van der Waals surface area contributed by atoms with Gasteiger partial charge in [-0.3, -0.25) is 4.79 Å². The van der Waals surface area contributed by atoms with Crippen LogP contribution < -0.4 is 10.2 Å². The molecule has 1 amide bonds. The summed E-state index contributed by atoms with van der Waals surface area (Å²) in [5.74, 6) is 1.90. The van der Waals surface area contributed by atoms with Crippen LogP contribution in [0, 0.1) is 11.3 Å². The summed E-state index contributed by atoms with van der Waals surface area (Å²) in [5, 5.41) is 15.2. The molecule has 0 atom stereocenters. The molecule has 1 aromatic carbocycles. The predicted molar refractivity (Wildman–Crippen MR) is 117 cm³/mol. The van der Waals surface area contributed by atoms with Gasteiger partial charge in [0.2, 0.25) is 5.91 Å². The summed E-state index contributed by atoms with van der Waals surface area (Å²) in [7, 11) is 0. The molecule has 1 aliphatic carbocycles. The average Bonchev–Trinajstić information content (AvgIpc) is 3.49. The largest absolute Gasteiger partial charge is 0.377 e.